The van der Waals surface area contributed by atoms with Gasteiger partial charge in [-0.25, -0.2) is 0 Å². The van der Waals surface area contributed by atoms with Crippen molar-refractivity contribution < 1.29 is 15.3 Å². The molecule has 0 saturated carbocycles. The van der Waals surface area contributed by atoms with Gasteiger partial charge in [0.1, 0.15) is 17.2 Å². The van der Waals surface area contributed by atoms with Gasteiger partial charge in [0.15, 0.2) is 0 Å². The number of rotatable bonds is 5. The van der Waals surface area contributed by atoms with Gasteiger partial charge in [0, 0.05) is 18.2 Å². The van der Waals surface area contributed by atoms with Gasteiger partial charge in [-0.2, -0.15) is 0 Å². The van der Waals surface area contributed by atoms with E-state index in [2.05, 4.69) is 6.92 Å². The predicted molar refractivity (Wildman–Crippen MR) is 62.5 cm³/mol. The zero-order valence-electron chi connectivity index (χ0n) is 9.48. The second-order valence-corrected chi connectivity index (χ2v) is 4.00. The Balaban J connectivity index is 2.78. The molecule has 16 heavy (non-hydrogen) atoms. The lowest BCUT2D eigenvalue weighted by Gasteiger charge is -2.15. The Morgan fingerprint density at radius 3 is 2.19 bits per heavy atom. The van der Waals surface area contributed by atoms with Crippen molar-refractivity contribution >= 4 is 0 Å². The normalized spacial score (nSPS) is 12.6. The maximum Gasteiger partial charge on any atom is 0.127 e. The summed E-state index contributed by atoms with van der Waals surface area (Å²) in [5.41, 5.74) is 6.20. The van der Waals surface area contributed by atoms with E-state index in [0.717, 1.165) is 19.3 Å². The summed E-state index contributed by atoms with van der Waals surface area (Å²) < 4.78 is 0. The van der Waals surface area contributed by atoms with Crippen molar-refractivity contribution in [2.24, 2.45) is 5.73 Å². The zero-order chi connectivity index (χ0) is 12.1. The van der Waals surface area contributed by atoms with E-state index in [4.69, 9.17) is 10.8 Å². The second kappa shape index (κ2) is 5.61. The van der Waals surface area contributed by atoms with Crippen LogP contribution in [0.5, 0.6) is 17.2 Å². The summed E-state index contributed by atoms with van der Waals surface area (Å²) in [5.74, 6) is -0.470. The molecule has 1 aromatic carbocycles. The molecule has 1 aromatic rings. The van der Waals surface area contributed by atoms with E-state index in [1.165, 1.54) is 12.1 Å². The Morgan fingerprint density at radius 1 is 1.12 bits per heavy atom. The number of nitrogens with two attached hydrogens (primary N) is 1. The minimum atomic E-state index is -0.396. The number of phenolic OH excluding ortho intramolecular Hbond substituents is 3. The minimum absolute atomic E-state index is 0.151. The first-order valence-electron chi connectivity index (χ1n) is 5.56. The van der Waals surface area contributed by atoms with Gasteiger partial charge < -0.3 is 21.1 Å². The standard InChI is InChI=1S/C12H19NO3/c1-2-3-4-5-9(13)12-10(15)6-8(14)7-11(12)16/h6-7,9,14-16H,2-5,13H2,1H3/t9-/m0/s1. The molecular formula is C12H19NO3. The molecule has 5 N–H and O–H groups in total. The number of hydrogen-bond donors (Lipinski definition) is 4. The predicted octanol–water partition coefficient (Wildman–Crippen LogP) is 2.38. The average Bonchev–Trinajstić information content (AvgIpc) is 2.16. The van der Waals surface area contributed by atoms with Gasteiger partial charge in [-0.3, -0.25) is 0 Å². The molecule has 0 unspecified atom stereocenters. The van der Waals surface area contributed by atoms with Gasteiger partial charge in [0.25, 0.3) is 0 Å². The van der Waals surface area contributed by atoms with Crippen molar-refractivity contribution in [1.29, 1.82) is 0 Å². The zero-order valence-corrected chi connectivity index (χ0v) is 9.48. The fraction of sp³-hybridized carbons (Fsp3) is 0.500. The fourth-order valence-electron chi connectivity index (χ4n) is 1.75. The van der Waals surface area contributed by atoms with Crippen LogP contribution in [0, 0.1) is 0 Å². The summed E-state index contributed by atoms with van der Waals surface area (Å²) in [7, 11) is 0. The lowest BCUT2D eigenvalue weighted by Crippen LogP contribution is -2.10. The lowest BCUT2D eigenvalue weighted by molar-refractivity contribution is 0.407. The van der Waals surface area contributed by atoms with Crippen LogP contribution >= 0.6 is 0 Å². The van der Waals surface area contributed by atoms with Crippen LogP contribution in [0.4, 0.5) is 0 Å². The van der Waals surface area contributed by atoms with Crippen LogP contribution in [0.25, 0.3) is 0 Å². The number of unbranched alkanes of at least 4 members (excludes halogenated alkanes) is 2. The third-order valence-corrected chi connectivity index (χ3v) is 2.61. The van der Waals surface area contributed by atoms with Gasteiger partial charge in [-0.1, -0.05) is 26.2 Å². The summed E-state index contributed by atoms with van der Waals surface area (Å²) >= 11 is 0. The van der Waals surface area contributed by atoms with Crippen molar-refractivity contribution in [2.45, 2.75) is 38.6 Å². The summed E-state index contributed by atoms with van der Waals surface area (Å²) in [5, 5.41) is 28.4. The first-order chi connectivity index (χ1) is 7.56. The molecule has 0 saturated heterocycles. The first kappa shape index (κ1) is 12.6. The molecule has 1 atom stereocenters. The highest BCUT2D eigenvalue weighted by atomic mass is 16.3. The minimum Gasteiger partial charge on any atom is -0.508 e. The van der Waals surface area contributed by atoms with Crippen molar-refractivity contribution in [2.75, 3.05) is 0 Å². The van der Waals surface area contributed by atoms with Crippen LogP contribution in [-0.2, 0) is 0 Å². The molecule has 4 heteroatoms. The molecule has 0 radical (unpaired) electrons. The van der Waals surface area contributed by atoms with Crippen LogP contribution in [0.15, 0.2) is 12.1 Å². The van der Waals surface area contributed by atoms with Crippen LogP contribution in [0.1, 0.15) is 44.2 Å². The Hall–Kier alpha value is -1.42. The average molecular weight is 225 g/mol. The van der Waals surface area contributed by atoms with E-state index in [1.807, 2.05) is 0 Å². The number of hydrogen-bond acceptors (Lipinski definition) is 4. The van der Waals surface area contributed by atoms with E-state index in [-0.39, 0.29) is 17.2 Å². The SMILES string of the molecule is CCCCC[C@H](N)c1c(O)cc(O)cc1O. The third kappa shape index (κ3) is 3.03. The van der Waals surface area contributed by atoms with Crippen LogP contribution < -0.4 is 5.73 Å². The Bertz CT molecular complexity index is 329. The molecule has 0 aliphatic heterocycles. The van der Waals surface area contributed by atoms with Gasteiger partial charge >= 0.3 is 0 Å². The van der Waals surface area contributed by atoms with E-state index in [9.17, 15) is 10.2 Å². The molecule has 0 amide bonds. The van der Waals surface area contributed by atoms with Gasteiger partial charge in [-0.05, 0) is 6.42 Å². The molecule has 0 spiro atoms. The summed E-state index contributed by atoms with van der Waals surface area (Å²) in [6.07, 6.45) is 3.84. The van der Waals surface area contributed by atoms with Gasteiger partial charge in [0.05, 0.1) is 5.56 Å². The highest BCUT2D eigenvalue weighted by molar-refractivity contribution is 5.50. The molecule has 0 heterocycles. The van der Waals surface area contributed by atoms with E-state index >= 15 is 0 Å². The summed E-state index contributed by atoms with van der Waals surface area (Å²) in [6, 6.07) is 1.98. The Kier molecular flexibility index (Phi) is 4.43. The topological polar surface area (TPSA) is 86.7 Å². The van der Waals surface area contributed by atoms with Crippen molar-refractivity contribution in [1.82, 2.24) is 0 Å². The molecule has 0 aliphatic carbocycles. The third-order valence-electron chi connectivity index (χ3n) is 2.61. The molecule has 4 nitrogen and oxygen atoms in total. The highest BCUT2D eigenvalue weighted by Crippen LogP contribution is 2.37. The van der Waals surface area contributed by atoms with Crippen LogP contribution in [0.2, 0.25) is 0 Å². The van der Waals surface area contributed by atoms with Crippen LogP contribution in [-0.4, -0.2) is 15.3 Å². The maximum atomic E-state index is 9.60. The molecule has 1 rings (SSSR count). The smallest absolute Gasteiger partial charge is 0.127 e. The monoisotopic (exact) mass is 225 g/mol. The second-order valence-electron chi connectivity index (χ2n) is 4.00. The Morgan fingerprint density at radius 2 is 1.69 bits per heavy atom. The molecule has 0 aliphatic rings. The molecular weight excluding hydrogens is 206 g/mol. The van der Waals surface area contributed by atoms with Crippen LogP contribution in [0.3, 0.4) is 0 Å². The largest absolute Gasteiger partial charge is 0.508 e. The van der Waals surface area contributed by atoms with Gasteiger partial charge in [-0.15, -0.1) is 0 Å². The van der Waals surface area contributed by atoms with E-state index in [0.29, 0.717) is 12.0 Å². The summed E-state index contributed by atoms with van der Waals surface area (Å²) in [4.78, 5) is 0. The first-order valence-corrected chi connectivity index (χ1v) is 5.56. The summed E-state index contributed by atoms with van der Waals surface area (Å²) in [6.45, 7) is 2.10. The van der Waals surface area contributed by atoms with E-state index in [1.54, 1.807) is 0 Å². The fourth-order valence-corrected chi connectivity index (χ4v) is 1.75. The van der Waals surface area contributed by atoms with Crippen molar-refractivity contribution in [3.05, 3.63) is 17.7 Å². The quantitative estimate of drug-likeness (QED) is 0.579. The molecule has 90 valence electrons. The molecule has 0 fully saturated rings. The molecule has 0 aromatic heterocycles. The number of aromatic hydroxyl groups is 3. The maximum absolute atomic E-state index is 9.60. The van der Waals surface area contributed by atoms with Crippen molar-refractivity contribution in [3.63, 3.8) is 0 Å². The highest BCUT2D eigenvalue weighted by Gasteiger charge is 2.16. The Labute approximate surface area is 95.3 Å². The van der Waals surface area contributed by atoms with E-state index < -0.39 is 6.04 Å². The van der Waals surface area contributed by atoms with Crippen molar-refractivity contribution in [3.8, 4) is 17.2 Å². The number of phenols is 3. The number of benzene rings is 1. The molecule has 0 bridgehead atoms. The lowest BCUT2D eigenvalue weighted by atomic mass is 9.99. The van der Waals surface area contributed by atoms with Gasteiger partial charge in [0.2, 0.25) is 0 Å².